The summed E-state index contributed by atoms with van der Waals surface area (Å²) in [4.78, 5) is 9.78. The van der Waals surface area contributed by atoms with Crippen molar-refractivity contribution < 1.29 is 22.2 Å². The average molecular weight is 283 g/mol. The van der Waals surface area contributed by atoms with Crippen molar-refractivity contribution in [1.29, 1.82) is 0 Å². The molecule has 0 aliphatic carbocycles. The molecule has 0 bridgehead atoms. The molecule has 0 amide bonds. The second kappa shape index (κ2) is 3.66. The predicted molar refractivity (Wildman–Crippen MR) is 49.4 cm³/mol. The lowest BCUT2D eigenvalue weighted by Gasteiger charge is -2.00. The third-order valence-corrected chi connectivity index (χ3v) is 3.26. The van der Waals surface area contributed by atoms with E-state index in [-0.39, 0.29) is 10.0 Å². The van der Waals surface area contributed by atoms with E-state index >= 15 is 0 Å². The fourth-order valence-electron chi connectivity index (χ4n) is 0.823. The number of aromatic carboxylic acids is 1. The number of hydrogen-bond donors (Lipinski definition) is 1. The molecule has 0 saturated heterocycles. The van der Waals surface area contributed by atoms with Gasteiger partial charge in [-0.3, -0.25) is 0 Å². The van der Waals surface area contributed by atoms with Gasteiger partial charge in [0.25, 0.3) is 0 Å². The van der Waals surface area contributed by atoms with Crippen LogP contribution < -0.4 is 0 Å². The Morgan fingerprint density at radius 2 is 2.00 bits per heavy atom. The Balaban J connectivity index is 3.44. The standard InChI is InChI=1S/C7H4BrFO4S/c8-5-2-1-4(7(10)11)3-6(5)14(9,12)13/h1-3H,(H,10,11). The zero-order valence-electron chi connectivity index (χ0n) is 6.57. The first-order valence-corrected chi connectivity index (χ1v) is 5.47. The molecule has 0 heterocycles. The maximum Gasteiger partial charge on any atom is 0.335 e. The molecule has 1 N–H and O–H groups in total. The van der Waals surface area contributed by atoms with E-state index in [0.29, 0.717) is 0 Å². The third-order valence-electron chi connectivity index (χ3n) is 1.44. The Hall–Kier alpha value is -0.950. The summed E-state index contributed by atoms with van der Waals surface area (Å²) in [6.45, 7) is 0. The van der Waals surface area contributed by atoms with E-state index in [2.05, 4.69) is 15.9 Å². The lowest BCUT2D eigenvalue weighted by atomic mass is 10.2. The van der Waals surface area contributed by atoms with Gasteiger partial charge in [-0.15, -0.1) is 3.89 Å². The van der Waals surface area contributed by atoms with E-state index in [0.717, 1.165) is 12.1 Å². The van der Waals surface area contributed by atoms with Crippen LogP contribution in [0.2, 0.25) is 0 Å². The number of hydrogen-bond acceptors (Lipinski definition) is 3. The normalized spacial score (nSPS) is 11.3. The maximum absolute atomic E-state index is 12.6. The van der Waals surface area contributed by atoms with Crippen LogP contribution in [0.3, 0.4) is 0 Å². The van der Waals surface area contributed by atoms with E-state index in [1.807, 2.05) is 0 Å². The van der Waals surface area contributed by atoms with E-state index in [1.165, 1.54) is 6.07 Å². The molecule has 1 aromatic rings. The van der Waals surface area contributed by atoms with Crippen LogP contribution in [0.25, 0.3) is 0 Å². The summed E-state index contributed by atoms with van der Waals surface area (Å²) in [6.07, 6.45) is 0. The van der Waals surface area contributed by atoms with Gasteiger partial charge in [0.1, 0.15) is 4.90 Å². The molecule has 0 unspecified atom stereocenters. The second-order valence-electron chi connectivity index (χ2n) is 2.39. The van der Waals surface area contributed by atoms with Crippen LogP contribution in [-0.4, -0.2) is 19.5 Å². The Morgan fingerprint density at radius 1 is 1.43 bits per heavy atom. The van der Waals surface area contributed by atoms with Crippen LogP contribution in [0, 0.1) is 0 Å². The SMILES string of the molecule is O=C(O)c1ccc(Br)c(S(=O)(=O)F)c1. The van der Waals surface area contributed by atoms with Gasteiger partial charge in [0.2, 0.25) is 0 Å². The van der Waals surface area contributed by atoms with Crippen molar-refractivity contribution in [1.82, 2.24) is 0 Å². The highest BCUT2D eigenvalue weighted by Gasteiger charge is 2.18. The number of carbonyl (C=O) groups is 1. The van der Waals surface area contributed by atoms with E-state index in [1.54, 1.807) is 0 Å². The van der Waals surface area contributed by atoms with Gasteiger partial charge >= 0.3 is 16.2 Å². The molecule has 0 aliphatic rings. The third kappa shape index (κ3) is 2.30. The molecule has 1 rings (SSSR count). The monoisotopic (exact) mass is 282 g/mol. The van der Waals surface area contributed by atoms with Gasteiger partial charge in [-0.25, -0.2) is 4.79 Å². The number of carboxylic acid groups (broad SMARTS) is 1. The smallest absolute Gasteiger partial charge is 0.335 e. The summed E-state index contributed by atoms with van der Waals surface area (Å²) in [5, 5.41) is 8.53. The molecular formula is C7H4BrFO4S. The van der Waals surface area contributed by atoms with E-state index in [9.17, 15) is 17.1 Å². The number of halogens is 2. The molecule has 14 heavy (non-hydrogen) atoms. The van der Waals surface area contributed by atoms with Gasteiger partial charge in [0.15, 0.2) is 0 Å². The zero-order chi connectivity index (χ0) is 10.9. The fraction of sp³-hybridized carbons (Fsp3) is 0. The van der Waals surface area contributed by atoms with Crippen LogP contribution in [0.1, 0.15) is 10.4 Å². The Morgan fingerprint density at radius 3 is 2.43 bits per heavy atom. The summed E-state index contributed by atoms with van der Waals surface area (Å²) in [5.41, 5.74) is -0.288. The number of rotatable bonds is 2. The molecule has 7 heteroatoms. The average Bonchev–Trinajstić information content (AvgIpc) is 2.02. The summed E-state index contributed by atoms with van der Waals surface area (Å²) < 4.78 is 33.6. The van der Waals surface area contributed by atoms with Crippen LogP contribution in [-0.2, 0) is 10.2 Å². The van der Waals surface area contributed by atoms with Crippen LogP contribution in [0.5, 0.6) is 0 Å². The predicted octanol–water partition coefficient (Wildman–Crippen LogP) is 1.81. The minimum absolute atomic E-state index is 0.00926. The van der Waals surface area contributed by atoms with Crippen molar-refractivity contribution in [2.75, 3.05) is 0 Å². The van der Waals surface area contributed by atoms with Crippen molar-refractivity contribution in [3.63, 3.8) is 0 Å². The summed E-state index contributed by atoms with van der Waals surface area (Å²) in [5.74, 6) is -1.32. The van der Waals surface area contributed by atoms with Crippen LogP contribution in [0.15, 0.2) is 27.6 Å². The van der Waals surface area contributed by atoms with Crippen LogP contribution >= 0.6 is 15.9 Å². The maximum atomic E-state index is 12.6. The lowest BCUT2D eigenvalue weighted by molar-refractivity contribution is 0.0696. The van der Waals surface area contributed by atoms with Crippen molar-refractivity contribution in [2.24, 2.45) is 0 Å². The fourth-order valence-corrected chi connectivity index (χ4v) is 2.22. The highest BCUT2D eigenvalue weighted by molar-refractivity contribution is 9.10. The first kappa shape index (κ1) is 11.1. The van der Waals surface area contributed by atoms with Crippen molar-refractivity contribution in [3.05, 3.63) is 28.2 Å². The largest absolute Gasteiger partial charge is 0.478 e. The molecule has 4 nitrogen and oxygen atoms in total. The van der Waals surface area contributed by atoms with Gasteiger partial charge < -0.3 is 5.11 Å². The second-order valence-corrected chi connectivity index (χ2v) is 4.56. The minimum Gasteiger partial charge on any atom is -0.478 e. The molecule has 76 valence electrons. The molecule has 0 saturated carbocycles. The van der Waals surface area contributed by atoms with Crippen molar-refractivity contribution >= 4 is 32.1 Å². The summed E-state index contributed by atoms with van der Waals surface area (Å²) in [7, 11) is -4.90. The highest BCUT2D eigenvalue weighted by Crippen LogP contribution is 2.24. The van der Waals surface area contributed by atoms with E-state index in [4.69, 9.17) is 5.11 Å². The lowest BCUT2D eigenvalue weighted by Crippen LogP contribution is -2.00. The number of carboxylic acids is 1. The molecule has 0 aliphatic heterocycles. The molecular weight excluding hydrogens is 279 g/mol. The van der Waals surface area contributed by atoms with Crippen LogP contribution in [0.4, 0.5) is 3.89 Å². The topological polar surface area (TPSA) is 71.4 Å². The van der Waals surface area contributed by atoms with Gasteiger partial charge in [-0.05, 0) is 34.1 Å². The van der Waals surface area contributed by atoms with Gasteiger partial charge in [0, 0.05) is 4.47 Å². The minimum atomic E-state index is -4.90. The Labute approximate surface area is 87.7 Å². The van der Waals surface area contributed by atoms with Gasteiger partial charge in [0.05, 0.1) is 5.56 Å². The first-order valence-electron chi connectivity index (χ1n) is 3.30. The Kier molecular flexibility index (Phi) is 2.91. The Bertz CT molecular complexity index is 482. The first-order chi connectivity index (χ1) is 6.32. The number of benzene rings is 1. The molecule has 0 aromatic heterocycles. The van der Waals surface area contributed by atoms with Crippen molar-refractivity contribution in [2.45, 2.75) is 4.90 Å². The summed E-state index contributed by atoms with van der Waals surface area (Å²) >= 11 is 2.80. The molecule has 0 atom stereocenters. The molecule has 1 aromatic carbocycles. The summed E-state index contributed by atoms with van der Waals surface area (Å²) in [6, 6.07) is 3.08. The van der Waals surface area contributed by atoms with E-state index < -0.39 is 21.1 Å². The molecule has 0 spiro atoms. The van der Waals surface area contributed by atoms with Gasteiger partial charge in [-0.2, -0.15) is 8.42 Å². The van der Waals surface area contributed by atoms with Crippen molar-refractivity contribution in [3.8, 4) is 0 Å². The van der Waals surface area contributed by atoms with Gasteiger partial charge in [-0.1, -0.05) is 0 Å². The zero-order valence-corrected chi connectivity index (χ0v) is 8.97. The highest BCUT2D eigenvalue weighted by atomic mass is 79.9. The molecule has 0 fully saturated rings. The quantitative estimate of drug-likeness (QED) is 0.840. The molecule has 0 radical (unpaired) electrons.